The molecule has 146 valence electrons. The van der Waals surface area contributed by atoms with E-state index in [4.69, 9.17) is 0 Å². The van der Waals surface area contributed by atoms with E-state index >= 15 is 0 Å². The Morgan fingerprint density at radius 1 is 0.480 bits per heavy atom. The molecule has 0 aromatic carbocycles. The minimum Gasteiger partial charge on any atom is -0.0654 e. The topological polar surface area (TPSA) is 0 Å². The van der Waals surface area contributed by atoms with Crippen molar-refractivity contribution < 1.29 is 0 Å². The van der Waals surface area contributed by atoms with Crippen LogP contribution in [0.4, 0.5) is 0 Å². The second kappa shape index (κ2) is 13.7. The highest BCUT2D eigenvalue weighted by Crippen LogP contribution is 2.47. The molecule has 0 atom stereocenters. The van der Waals surface area contributed by atoms with Crippen molar-refractivity contribution in [2.24, 2.45) is 5.92 Å². The fraction of sp³-hybridized carbons (Fsp3) is 0.840. The highest BCUT2D eigenvalue weighted by molar-refractivity contribution is 5.50. The van der Waals surface area contributed by atoms with Crippen LogP contribution < -0.4 is 0 Å². The summed E-state index contributed by atoms with van der Waals surface area (Å²) in [6.07, 6.45) is 20.5. The standard InChI is InChI=1S/C25H46/c1-6-11-16-21-22(17-12-7-2)24(19-14-9-4)25(20-15-10-5)23(21)18-13-8-3/h21H,6-20H2,1-5H3. The quantitative estimate of drug-likeness (QED) is 0.277. The summed E-state index contributed by atoms with van der Waals surface area (Å²) in [7, 11) is 0. The second-order valence-corrected chi connectivity index (χ2v) is 8.12. The number of hydrogen-bond donors (Lipinski definition) is 0. The first-order valence-electron chi connectivity index (χ1n) is 11.7. The van der Waals surface area contributed by atoms with Crippen molar-refractivity contribution in [2.75, 3.05) is 0 Å². The van der Waals surface area contributed by atoms with Crippen molar-refractivity contribution in [1.29, 1.82) is 0 Å². The van der Waals surface area contributed by atoms with E-state index in [2.05, 4.69) is 34.6 Å². The zero-order valence-electron chi connectivity index (χ0n) is 18.2. The van der Waals surface area contributed by atoms with Gasteiger partial charge in [0.1, 0.15) is 0 Å². The molecule has 0 heteroatoms. The van der Waals surface area contributed by atoms with Crippen LogP contribution in [0, 0.1) is 5.92 Å². The average molecular weight is 347 g/mol. The summed E-state index contributed by atoms with van der Waals surface area (Å²) in [5, 5.41) is 0. The Labute approximate surface area is 159 Å². The summed E-state index contributed by atoms with van der Waals surface area (Å²) in [6, 6.07) is 0. The van der Waals surface area contributed by atoms with E-state index in [1.165, 1.54) is 96.3 Å². The van der Waals surface area contributed by atoms with E-state index in [0.717, 1.165) is 5.92 Å². The molecule has 1 aliphatic carbocycles. The van der Waals surface area contributed by atoms with Gasteiger partial charge in [0, 0.05) is 5.92 Å². The smallest absolute Gasteiger partial charge is 0.00188 e. The molecular weight excluding hydrogens is 300 g/mol. The van der Waals surface area contributed by atoms with Crippen molar-refractivity contribution in [3.05, 3.63) is 22.3 Å². The molecule has 0 heterocycles. The van der Waals surface area contributed by atoms with Crippen LogP contribution in [0.15, 0.2) is 22.3 Å². The summed E-state index contributed by atoms with van der Waals surface area (Å²) in [5.74, 6) is 0.816. The van der Waals surface area contributed by atoms with Gasteiger partial charge in [0.2, 0.25) is 0 Å². The van der Waals surface area contributed by atoms with Gasteiger partial charge in [-0.25, -0.2) is 0 Å². The Morgan fingerprint density at radius 3 is 1.20 bits per heavy atom. The molecule has 0 N–H and O–H groups in total. The Balaban J connectivity index is 3.19. The molecule has 0 radical (unpaired) electrons. The van der Waals surface area contributed by atoms with Crippen LogP contribution in [0.5, 0.6) is 0 Å². The van der Waals surface area contributed by atoms with Gasteiger partial charge in [-0.15, -0.1) is 0 Å². The van der Waals surface area contributed by atoms with Gasteiger partial charge >= 0.3 is 0 Å². The number of allylic oxidation sites excluding steroid dienone is 4. The molecule has 1 aliphatic rings. The fourth-order valence-corrected chi connectivity index (χ4v) is 4.49. The number of rotatable bonds is 15. The summed E-state index contributed by atoms with van der Waals surface area (Å²) in [6.45, 7) is 11.8. The molecule has 0 bridgehead atoms. The van der Waals surface area contributed by atoms with Gasteiger partial charge in [0.25, 0.3) is 0 Å². The van der Waals surface area contributed by atoms with Gasteiger partial charge in [0.05, 0.1) is 0 Å². The zero-order valence-corrected chi connectivity index (χ0v) is 18.2. The molecule has 0 amide bonds. The molecule has 0 unspecified atom stereocenters. The molecular formula is C25H46. The maximum atomic E-state index is 2.36. The SMILES string of the molecule is CCCCC1=C(CCCC)C(CCCC)C(CCCC)=C1CCCC. The fourth-order valence-electron chi connectivity index (χ4n) is 4.49. The maximum Gasteiger partial charge on any atom is 0.00188 e. The molecule has 0 aromatic rings. The molecule has 0 saturated carbocycles. The number of hydrogen-bond acceptors (Lipinski definition) is 0. The molecule has 0 saturated heterocycles. The molecule has 1 rings (SSSR count). The van der Waals surface area contributed by atoms with E-state index in [1.807, 2.05) is 22.3 Å². The molecule has 0 nitrogen and oxygen atoms in total. The normalized spacial score (nSPS) is 15.7. The lowest BCUT2D eigenvalue weighted by Crippen LogP contribution is -2.06. The zero-order chi connectivity index (χ0) is 18.5. The van der Waals surface area contributed by atoms with E-state index < -0.39 is 0 Å². The molecule has 0 spiro atoms. The Bertz CT molecular complexity index is 374. The lowest BCUT2D eigenvalue weighted by atomic mass is 9.84. The highest BCUT2D eigenvalue weighted by atomic mass is 14.4. The maximum absolute atomic E-state index is 2.36. The number of unbranched alkanes of at least 4 members (excludes halogenated alkanes) is 5. The van der Waals surface area contributed by atoms with Crippen molar-refractivity contribution in [3.8, 4) is 0 Å². The lowest BCUT2D eigenvalue weighted by Gasteiger charge is -2.20. The van der Waals surface area contributed by atoms with Crippen LogP contribution in [-0.2, 0) is 0 Å². The Hall–Kier alpha value is -0.520. The first-order valence-corrected chi connectivity index (χ1v) is 11.7. The van der Waals surface area contributed by atoms with E-state index in [-0.39, 0.29) is 0 Å². The van der Waals surface area contributed by atoms with E-state index in [9.17, 15) is 0 Å². The Morgan fingerprint density at radius 2 is 0.840 bits per heavy atom. The van der Waals surface area contributed by atoms with Gasteiger partial charge in [-0.3, -0.25) is 0 Å². The van der Waals surface area contributed by atoms with Crippen molar-refractivity contribution >= 4 is 0 Å². The molecule has 0 aliphatic heterocycles. The van der Waals surface area contributed by atoms with Crippen molar-refractivity contribution in [1.82, 2.24) is 0 Å². The predicted molar refractivity (Wildman–Crippen MR) is 115 cm³/mol. The van der Waals surface area contributed by atoms with Crippen LogP contribution >= 0.6 is 0 Å². The Kier molecular flexibility index (Phi) is 12.3. The van der Waals surface area contributed by atoms with Crippen LogP contribution in [-0.4, -0.2) is 0 Å². The summed E-state index contributed by atoms with van der Waals surface area (Å²) in [5.41, 5.74) is 7.47. The monoisotopic (exact) mass is 346 g/mol. The summed E-state index contributed by atoms with van der Waals surface area (Å²) in [4.78, 5) is 0. The first-order chi connectivity index (χ1) is 12.2. The van der Waals surface area contributed by atoms with Crippen molar-refractivity contribution in [3.63, 3.8) is 0 Å². The minimum atomic E-state index is 0.816. The van der Waals surface area contributed by atoms with E-state index in [1.54, 1.807) is 0 Å². The van der Waals surface area contributed by atoms with Gasteiger partial charge in [-0.2, -0.15) is 0 Å². The second-order valence-electron chi connectivity index (χ2n) is 8.12. The van der Waals surface area contributed by atoms with Crippen molar-refractivity contribution in [2.45, 2.75) is 131 Å². The third-order valence-corrected chi connectivity index (χ3v) is 5.99. The molecule has 0 aromatic heterocycles. The van der Waals surface area contributed by atoms with Gasteiger partial charge in [0.15, 0.2) is 0 Å². The highest BCUT2D eigenvalue weighted by Gasteiger charge is 2.31. The van der Waals surface area contributed by atoms with Gasteiger partial charge < -0.3 is 0 Å². The molecule has 0 fully saturated rings. The molecule has 25 heavy (non-hydrogen) atoms. The van der Waals surface area contributed by atoms with Crippen LogP contribution in [0.1, 0.15) is 131 Å². The summed E-state index contributed by atoms with van der Waals surface area (Å²) < 4.78 is 0. The lowest BCUT2D eigenvalue weighted by molar-refractivity contribution is 0.548. The van der Waals surface area contributed by atoms with Gasteiger partial charge in [-0.1, -0.05) is 84.3 Å². The third-order valence-electron chi connectivity index (χ3n) is 5.99. The van der Waals surface area contributed by atoms with Crippen LogP contribution in [0.2, 0.25) is 0 Å². The average Bonchev–Trinajstić information content (AvgIpc) is 2.90. The third kappa shape index (κ3) is 6.95. The van der Waals surface area contributed by atoms with Crippen LogP contribution in [0.3, 0.4) is 0 Å². The van der Waals surface area contributed by atoms with Crippen LogP contribution in [0.25, 0.3) is 0 Å². The van der Waals surface area contributed by atoms with Gasteiger partial charge in [-0.05, 0) is 68.9 Å². The minimum absolute atomic E-state index is 0.816. The largest absolute Gasteiger partial charge is 0.0654 e. The summed E-state index contributed by atoms with van der Waals surface area (Å²) >= 11 is 0. The van der Waals surface area contributed by atoms with E-state index in [0.29, 0.717) is 0 Å². The first kappa shape index (κ1) is 22.5. The predicted octanol–water partition coefficient (Wildman–Crippen LogP) is 9.16.